The van der Waals surface area contributed by atoms with Crippen molar-refractivity contribution in [1.82, 2.24) is 4.90 Å². The molecule has 5 heteroatoms. The molecule has 0 atom stereocenters. The molecule has 4 nitrogen and oxygen atoms in total. The molecule has 0 aliphatic carbocycles. The minimum absolute atomic E-state index is 0. The van der Waals surface area contributed by atoms with Crippen LogP contribution < -0.4 is 0 Å². The second-order valence-corrected chi connectivity index (χ2v) is 3.54. The van der Waals surface area contributed by atoms with Gasteiger partial charge in [-0.25, -0.2) is 4.79 Å². The fourth-order valence-electron chi connectivity index (χ4n) is 1.24. The van der Waals surface area contributed by atoms with Gasteiger partial charge >= 0.3 is 5.97 Å². The van der Waals surface area contributed by atoms with E-state index < -0.39 is 0 Å². The number of nitrogens with one attached hydrogen (secondary N) is 1. The Morgan fingerprint density at radius 2 is 1.71 bits per heavy atom. The summed E-state index contributed by atoms with van der Waals surface area (Å²) in [4.78, 5) is 13.1. The standard InChI is InChI=1S/C12H16N2O2.ClH/c1-4-16-12(15)10-7-5-9(6-8-10)11(13)14(2)3;/h5-8,13H,4H2,1-3H3;1H. The molecule has 0 fully saturated rings. The van der Waals surface area contributed by atoms with E-state index in [1.54, 1.807) is 36.1 Å². The second-order valence-electron chi connectivity index (χ2n) is 3.54. The second kappa shape index (κ2) is 6.91. The van der Waals surface area contributed by atoms with Crippen molar-refractivity contribution in [2.75, 3.05) is 20.7 Å². The number of benzene rings is 1. The SMILES string of the molecule is CCOC(=O)c1ccc(C(=N)N(C)C)cc1.Cl. The van der Waals surface area contributed by atoms with E-state index in [2.05, 4.69) is 0 Å². The van der Waals surface area contributed by atoms with Crippen LogP contribution in [-0.2, 0) is 4.74 Å². The Kier molecular flexibility index (Phi) is 6.28. The van der Waals surface area contributed by atoms with Gasteiger partial charge in [-0.1, -0.05) is 12.1 Å². The highest BCUT2D eigenvalue weighted by Gasteiger charge is 2.08. The van der Waals surface area contributed by atoms with Gasteiger partial charge < -0.3 is 9.64 Å². The van der Waals surface area contributed by atoms with Crippen molar-refractivity contribution in [3.63, 3.8) is 0 Å². The van der Waals surface area contributed by atoms with Crippen molar-refractivity contribution < 1.29 is 9.53 Å². The van der Waals surface area contributed by atoms with Crippen LogP contribution in [-0.4, -0.2) is 37.4 Å². The predicted molar refractivity (Wildman–Crippen MR) is 70.2 cm³/mol. The van der Waals surface area contributed by atoms with Gasteiger partial charge in [0.2, 0.25) is 0 Å². The average Bonchev–Trinajstić information content (AvgIpc) is 2.28. The summed E-state index contributed by atoms with van der Waals surface area (Å²) in [6, 6.07) is 6.83. The third-order valence-electron chi connectivity index (χ3n) is 2.12. The lowest BCUT2D eigenvalue weighted by Crippen LogP contribution is -2.21. The van der Waals surface area contributed by atoms with Crippen LogP contribution in [0.25, 0.3) is 0 Å². The maximum atomic E-state index is 11.4. The molecule has 17 heavy (non-hydrogen) atoms. The number of carbonyl (C=O) groups is 1. The number of amidine groups is 1. The molecule has 0 spiro atoms. The molecule has 0 saturated carbocycles. The molecule has 1 aromatic carbocycles. The summed E-state index contributed by atoms with van der Waals surface area (Å²) in [6.45, 7) is 2.14. The van der Waals surface area contributed by atoms with Gasteiger partial charge in [0.1, 0.15) is 5.84 Å². The fourth-order valence-corrected chi connectivity index (χ4v) is 1.24. The molecule has 0 saturated heterocycles. The zero-order chi connectivity index (χ0) is 12.1. The monoisotopic (exact) mass is 256 g/mol. The van der Waals surface area contributed by atoms with Crippen molar-refractivity contribution in [1.29, 1.82) is 5.41 Å². The van der Waals surface area contributed by atoms with Crippen LogP contribution in [0.2, 0.25) is 0 Å². The molecule has 0 radical (unpaired) electrons. The third-order valence-corrected chi connectivity index (χ3v) is 2.12. The lowest BCUT2D eigenvalue weighted by Gasteiger charge is -2.13. The molecule has 0 heterocycles. The van der Waals surface area contributed by atoms with E-state index in [1.165, 1.54) is 0 Å². The summed E-state index contributed by atoms with van der Waals surface area (Å²) in [5, 5.41) is 7.75. The van der Waals surface area contributed by atoms with Gasteiger partial charge in [0.05, 0.1) is 12.2 Å². The first-order valence-corrected chi connectivity index (χ1v) is 5.09. The predicted octanol–water partition coefficient (Wildman–Crippen LogP) is 2.17. The highest BCUT2D eigenvalue weighted by Crippen LogP contribution is 2.07. The number of hydrogen-bond acceptors (Lipinski definition) is 3. The van der Waals surface area contributed by atoms with Gasteiger partial charge in [0.15, 0.2) is 0 Å². The van der Waals surface area contributed by atoms with Crippen LogP contribution >= 0.6 is 12.4 Å². The number of rotatable bonds is 3. The molecular formula is C12H17ClN2O2. The van der Waals surface area contributed by atoms with Crippen LogP contribution in [0.4, 0.5) is 0 Å². The molecule has 0 aliphatic rings. The highest BCUT2D eigenvalue weighted by atomic mass is 35.5. The zero-order valence-electron chi connectivity index (χ0n) is 10.2. The number of nitrogens with zero attached hydrogens (tertiary/aromatic N) is 1. The van der Waals surface area contributed by atoms with Crippen LogP contribution in [0.5, 0.6) is 0 Å². The van der Waals surface area contributed by atoms with Crippen molar-refractivity contribution in [3.8, 4) is 0 Å². The summed E-state index contributed by atoms with van der Waals surface area (Å²) in [5.41, 5.74) is 1.29. The molecule has 1 aromatic rings. The van der Waals surface area contributed by atoms with Gasteiger partial charge in [-0.3, -0.25) is 5.41 Å². The largest absolute Gasteiger partial charge is 0.462 e. The Bertz CT molecular complexity index is 388. The maximum absolute atomic E-state index is 11.4. The van der Waals surface area contributed by atoms with Crippen molar-refractivity contribution in [2.45, 2.75) is 6.92 Å². The summed E-state index contributed by atoms with van der Waals surface area (Å²) in [6.07, 6.45) is 0. The summed E-state index contributed by atoms with van der Waals surface area (Å²) < 4.78 is 4.87. The lowest BCUT2D eigenvalue weighted by molar-refractivity contribution is 0.0526. The molecule has 0 aliphatic heterocycles. The molecule has 0 aromatic heterocycles. The summed E-state index contributed by atoms with van der Waals surface area (Å²) in [5.74, 6) is 0.0841. The normalized spacial score (nSPS) is 9.12. The van der Waals surface area contributed by atoms with E-state index in [1.807, 2.05) is 14.1 Å². The number of esters is 1. The Morgan fingerprint density at radius 3 is 2.12 bits per heavy atom. The molecule has 1 N–H and O–H groups in total. The van der Waals surface area contributed by atoms with Crippen molar-refractivity contribution >= 4 is 24.2 Å². The lowest BCUT2D eigenvalue weighted by atomic mass is 10.1. The van der Waals surface area contributed by atoms with Crippen LogP contribution in [0.1, 0.15) is 22.8 Å². The summed E-state index contributed by atoms with van der Waals surface area (Å²) >= 11 is 0. The Balaban J connectivity index is 0.00000256. The van der Waals surface area contributed by atoms with E-state index >= 15 is 0 Å². The smallest absolute Gasteiger partial charge is 0.338 e. The molecule has 1 rings (SSSR count). The van der Waals surface area contributed by atoms with E-state index in [4.69, 9.17) is 10.1 Å². The van der Waals surface area contributed by atoms with Gasteiger partial charge in [-0.15, -0.1) is 12.4 Å². The molecule has 0 bridgehead atoms. The minimum atomic E-state index is -0.328. The zero-order valence-corrected chi connectivity index (χ0v) is 11.0. The molecule has 0 unspecified atom stereocenters. The van der Waals surface area contributed by atoms with Crippen molar-refractivity contribution in [2.24, 2.45) is 0 Å². The first-order valence-electron chi connectivity index (χ1n) is 5.09. The van der Waals surface area contributed by atoms with Crippen molar-refractivity contribution in [3.05, 3.63) is 35.4 Å². The Morgan fingerprint density at radius 1 is 1.24 bits per heavy atom. The Hall–Kier alpha value is -1.55. The quantitative estimate of drug-likeness (QED) is 0.512. The van der Waals surface area contributed by atoms with Gasteiger partial charge in [-0.05, 0) is 19.1 Å². The van der Waals surface area contributed by atoms with Crippen LogP contribution in [0.15, 0.2) is 24.3 Å². The van der Waals surface area contributed by atoms with Gasteiger partial charge in [-0.2, -0.15) is 0 Å². The first-order chi connectivity index (χ1) is 7.56. The maximum Gasteiger partial charge on any atom is 0.338 e. The van der Waals surface area contributed by atoms with E-state index in [0.29, 0.717) is 18.0 Å². The van der Waals surface area contributed by atoms with Gasteiger partial charge in [0.25, 0.3) is 0 Å². The Labute approximate surface area is 107 Å². The van der Waals surface area contributed by atoms with Crippen LogP contribution in [0, 0.1) is 5.41 Å². The minimum Gasteiger partial charge on any atom is -0.462 e. The molecule has 0 amide bonds. The van der Waals surface area contributed by atoms with Crippen LogP contribution in [0.3, 0.4) is 0 Å². The molecular weight excluding hydrogens is 240 g/mol. The van der Waals surface area contributed by atoms with E-state index in [-0.39, 0.29) is 18.4 Å². The first kappa shape index (κ1) is 15.4. The van der Waals surface area contributed by atoms with E-state index in [0.717, 1.165) is 5.56 Å². The summed E-state index contributed by atoms with van der Waals surface area (Å²) in [7, 11) is 3.61. The molecule has 94 valence electrons. The number of halogens is 1. The number of carbonyl (C=O) groups excluding carboxylic acids is 1. The topological polar surface area (TPSA) is 53.4 Å². The highest BCUT2D eigenvalue weighted by molar-refractivity contribution is 5.97. The average molecular weight is 257 g/mol. The van der Waals surface area contributed by atoms with E-state index in [9.17, 15) is 4.79 Å². The fraction of sp³-hybridized carbons (Fsp3) is 0.333. The number of hydrogen-bond donors (Lipinski definition) is 1. The van der Waals surface area contributed by atoms with Gasteiger partial charge in [0, 0.05) is 19.7 Å². The third kappa shape index (κ3) is 4.07. The number of ether oxygens (including phenoxy) is 1.